The number of hydrogen-bond donors (Lipinski definition) is 0. The second kappa shape index (κ2) is 3.48. The van der Waals surface area contributed by atoms with E-state index in [0.29, 0.717) is 10.8 Å². The molecule has 0 spiro atoms. The SMILES string of the molecule is CC1=CC=C2C(C1)C(C)(C)CC(C)C2(C)C. The Bertz CT molecular complexity index is 352. The molecule has 2 aliphatic carbocycles. The predicted molar refractivity (Wildman–Crippen MR) is 71.3 cm³/mol. The van der Waals surface area contributed by atoms with Crippen LogP contribution in [0, 0.1) is 22.7 Å². The third-order valence-electron chi connectivity index (χ3n) is 5.20. The molecule has 0 nitrogen and oxygen atoms in total. The van der Waals surface area contributed by atoms with Crippen LogP contribution in [0.4, 0.5) is 0 Å². The van der Waals surface area contributed by atoms with E-state index in [2.05, 4.69) is 53.7 Å². The Hall–Kier alpha value is -0.520. The van der Waals surface area contributed by atoms with Crippen molar-refractivity contribution in [3.05, 3.63) is 23.3 Å². The number of rotatable bonds is 0. The number of allylic oxidation sites excluding steroid dienone is 4. The molecule has 1 fully saturated rings. The first-order valence-corrected chi connectivity index (χ1v) is 6.63. The fourth-order valence-electron chi connectivity index (χ4n) is 3.68. The highest BCUT2D eigenvalue weighted by atomic mass is 14.5. The highest BCUT2D eigenvalue weighted by Crippen LogP contribution is 2.57. The average molecular weight is 218 g/mol. The fraction of sp³-hybridized carbons (Fsp3) is 0.750. The van der Waals surface area contributed by atoms with Crippen molar-refractivity contribution in [2.45, 2.75) is 54.4 Å². The minimum absolute atomic E-state index is 0.386. The van der Waals surface area contributed by atoms with E-state index in [1.54, 1.807) is 11.1 Å². The molecule has 0 heterocycles. The van der Waals surface area contributed by atoms with Crippen molar-refractivity contribution in [3.8, 4) is 0 Å². The molecule has 2 atom stereocenters. The van der Waals surface area contributed by atoms with Crippen LogP contribution in [0.15, 0.2) is 23.3 Å². The summed E-state index contributed by atoms with van der Waals surface area (Å²) in [4.78, 5) is 0. The Labute approximate surface area is 101 Å². The van der Waals surface area contributed by atoms with Crippen molar-refractivity contribution in [2.75, 3.05) is 0 Å². The van der Waals surface area contributed by atoms with Crippen LogP contribution in [-0.2, 0) is 0 Å². The Kier molecular flexibility index (Phi) is 2.60. The summed E-state index contributed by atoms with van der Waals surface area (Å²) in [6.45, 7) is 14.5. The summed E-state index contributed by atoms with van der Waals surface area (Å²) in [7, 11) is 0. The highest BCUT2D eigenvalue weighted by molar-refractivity contribution is 5.33. The number of fused-ring (bicyclic) bond motifs is 1. The van der Waals surface area contributed by atoms with E-state index < -0.39 is 0 Å². The summed E-state index contributed by atoms with van der Waals surface area (Å²) >= 11 is 0. The molecule has 0 radical (unpaired) electrons. The standard InChI is InChI=1S/C16H26/c1-11-7-8-13-14(9-11)15(3,4)10-12(2)16(13,5)6/h7-8,12,14H,9-10H2,1-6H3. The van der Waals surface area contributed by atoms with E-state index in [9.17, 15) is 0 Å². The summed E-state index contributed by atoms with van der Waals surface area (Å²) in [5, 5.41) is 0. The molecule has 1 saturated carbocycles. The molecule has 16 heavy (non-hydrogen) atoms. The molecule has 0 bridgehead atoms. The first-order valence-electron chi connectivity index (χ1n) is 6.63. The van der Waals surface area contributed by atoms with Crippen molar-refractivity contribution in [1.29, 1.82) is 0 Å². The second-order valence-electron chi connectivity index (χ2n) is 7.21. The molecule has 2 rings (SSSR count). The third kappa shape index (κ3) is 1.67. The lowest BCUT2D eigenvalue weighted by molar-refractivity contribution is 0.0675. The van der Waals surface area contributed by atoms with Crippen molar-refractivity contribution in [3.63, 3.8) is 0 Å². The van der Waals surface area contributed by atoms with Gasteiger partial charge in [0, 0.05) is 0 Å². The van der Waals surface area contributed by atoms with Gasteiger partial charge in [0.15, 0.2) is 0 Å². The molecule has 0 amide bonds. The van der Waals surface area contributed by atoms with Gasteiger partial charge in [-0.25, -0.2) is 0 Å². The van der Waals surface area contributed by atoms with Gasteiger partial charge in [-0.1, -0.05) is 57.9 Å². The van der Waals surface area contributed by atoms with E-state index in [0.717, 1.165) is 11.8 Å². The maximum absolute atomic E-state index is 2.45. The van der Waals surface area contributed by atoms with Gasteiger partial charge in [-0.15, -0.1) is 0 Å². The highest BCUT2D eigenvalue weighted by Gasteiger charge is 2.47. The van der Waals surface area contributed by atoms with Crippen LogP contribution in [0.3, 0.4) is 0 Å². The van der Waals surface area contributed by atoms with Gasteiger partial charge in [-0.2, -0.15) is 0 Å². The summed E-state index contributed by atoms with van der Waals surface area (Å²) < 4.78 is 0. The minimum Gasteiger partial charge on any atom is -0.0727 e. The zero-order valence-corrected chi connectivity index (χ0v) is 11.7. The molecule has 2 aliphatic rings. The number of hydrogen-bond acceptors (Lipinski definition) is 0. The third-order valence-corrected chi connectivity index (χ3v) is 5.20. The summed E-state index contributed by atoms with van der Waals surface area (Å²) in [5.74, 6) is 1.56. The second-order valence-corrected chi connectivity index (χ2v) is 7.21. The fourth-order valence-corrected chi connectivity index (χ4v) is 3.68. The van der Waals surface area contributed by atoms with E-state index in [1.807, 2.05) is 0 Å². The van der Waals surface area contributed by atoms with E-state index >= 15 is 0 Å². The van der Waals surface area contributed by atoms with Crippen LogP contribution in [0.1, 0.15) is 54.4 Å². The van der Waals surface area contributed by atoms with Crippen LogP contribution in [0.25, 0.3) is 0 Å². The Balaban J connectivity index is 2.46. The Morgan fingerprint density at radius 1 is 1.12 bits per heavy atom. The monoisotopic (exact) mass is 218 g/mol. The van der Waals surface area contributed by atoms with Crippen LogP contribution in [0.2, 0.25) is 0 Å². The Morgan fingerprint density at radius 2 is 1.75 bits per heavy atom. The van der Waals surface area contributed by atoms with Gasteiger partial charge >= 0.3 is 0 Å². The molecule has 0 aromatic carbocycles. The lowest BCUT2D eigenvalue weighted by Gasteiger charge is -2.53. The molecule has 0 heteroatoms. The van der Waals surface area contributed by atoms with Crippen molar-refractivity contribution < 1.29 is 0 Å². The van der Waals surface area contributed by atoms with E-state index in [-0.39, 0.29) is 0 Å². The molecule has 0 aromatic heterocycles. The van der Waals surface area contributed by atoms with Gasteiger partial charge in [0.2, 0.25) is 0 Å². The van der Waals surface area contributed by atoms with Crippen LogP contribution < -0.4 is 0 Å². The zero-order valence-electron chi connectivity index (χ0n) is 11.7. The normalized spacial score (nSPS) is 36.1. The molecule has 0 aromatic rings. The topological polar surface area (TPSA) is 0 Å². The van der Waals surface area contributed by atoms with E-state index in [4.69, 9.17) is 0 Å². The van der Waals surface area contributed by atoms with Crippen LogP contribution in [0.5, 0.6) is 0 Å². The first kappa shape index (κ1) is 12.0. The van der Waals surface area contributed by atoms with E-state index in [1.165, 1.54) is 12.8 Å². The summed E-state index contributed by atoms with van der Waals surface area (Å²) in [5.41, 5.74) is 4.10. The largest absolute Gasteiger partial charge is 0.0727 e. The van der Waals surface area contributed by atoms with Gasteiger partial charge in [-0.3, -0.25) is 0 Å². The predicted octanol–water partition coefficient (Wildman–Crippen LogP) is 4.97. The Morgan fingerprint density at radius 3 is 2.38 bits per heavy atom. The van der Waals surface area contributed by atoms with Crippen molar-refractivity contribution in [1.82, 2.24) is 0 Å². The molecule has 0 aliphatic heterocycles. The quantitative estimate of drug-likeness (QED) is 0.538. The van der Waals surface area contributed by atoms with Crippen molar-refractivity contribution in [2.24, 2.45) is 22.7 Å². The maximum atomic E-state index is 2.45. The average Bonchev–Trinajstić information content (AvgIpc) is 2.14. The molecular formula is C16H26. The molecule has 2 unspecified atom stereocenters. The maximum Gasteiger partial charge on any atom is -0.0106 e. The van der Waals surface area contributed by atoms with Crippen LogP contribution >= 0.6 is 0 Å². The lowest BCUT2D eigenvalue weighted by Crippen LogP contribution is -2.44. The van der Waals surface area contributed by atoms with Gasteiger partial charge in [0.05, 0.1) is 0 Å². The zero-order chi connectivity index (χ0) is 12.1. The van der Waals surface area contributed by atoms with Gasteiger partial charge in [-0.05, 0) is 42.4 Å². The molecule has 0 N–H and O–H groups in total. The molecular weight excluding hydrogens is 192 g/mol. The molecule has 90 valence electrons. The van der Waals surface area contributed by atoms with Gasteiger partial charge < -0.3 is 0 Å². The first-order chi connectivity index (χ1) is 7.25. The van der Waals surface area contributed by atoms with Crippen LogP contribution in [-0.4, -0.2) is 0 Å². The van der Waals surface area contributed by atoms with Crippen molar-refractivity contribution >= 4 is 0 Å². The summed E-state index contributed by atoms with van der Waals surface area (Å²) in [6, 6.07) is 0. The lowest BCUT2D eigenvalue weighted by atomic mass is 9.51. The van der Waals surface area contributed by atoms with Gasteiger partial charge in [0.1, 0.15) is 0 Å². The smallest absolute Gasteiger partial charge is 0.0106 e. The molecule has 0 saturated heterocycles. The summed E-state index contributed by atoms with van der Waals surface area (Å²) in [6.07, 6.45) is 7.38. The minimum atomic E-state index is 0.386. The van der Waals surface area contributed by atoms with Gasteiger partial charge in [0.25, 0.3) is 0 Å².